The summed E-state index contributed by atoms with van der Waals surface area (Å²) < 4.78 is 1.98. The van der Waals surface area contributed by atoms with Gasteiger partial charge in [0.25, 0.3) is 0 Å². The quantitative estimate of drug-likeness (QED) is 0.776. The Morgan fingerprint density at radius 2 is 1.86 bits per heavy atom. The average Bonchev–Trinajstić information content (AvgIpc) is 2.90. The van der Waals surface area contributed by atoms with Crippen LogP contribution in [0.1, 0.15) is 32.4 Å². The van der Waals surface area contributed by atoms with Gasteiger partial charge in [-0.1, -0.05) is 42.5 Å². The summed E-state index contributed by atoms with van der Waals surface area (Å²) in [7, 11) is 0. The molecular formula is C17H23N3S. The van der Waals surface area contributed by atoms with E-state index in [0.29, 0.717) is 0 Å². The van der Waals surface area contributed by atoms with Gasteiger partial charge in [0.15, 0.2) is 0 Å². The zero-order chi connectivity index (χ0) is 15.4. The minimum atomic E-state index is 0.0936. The Balaban J connectivity index is 2.28. The lowest BCUT2D eigenvalue weighted by molar-refractivity contribution is 0.436. The van der Waals surface area contributed by atoms with Crippen LogP contribution in [0.25, 0.3) is 11.3 Å². The molecule has 0 N–H and O–H groups in total. The molecule has 0 spiro atoms. The number of nitrogens with zero attached hydrogens (tertiary/aromatic N) is 3. The maximum atomic E-state index is 5.61. The van der Waals surface area contributed by atoms with Gasteiger partial charge in [-0.25, -0.2) is 0 Å². The molecular weight excluding hydrogens is 278 g/mol. The summed E-state index contributed by atoms with van der Waals surface area (Å²) in [6.45, 7) is 10.3. The molecule has 0 saturated heterocycles. The number of rotatable bonds is 5. The van der Waals surface area contributed by atoms with E-state index in [1.807, 2.05) is 22.9 Å². The van der Waals surface area contributed by atoms with Crippen LogP contribution >= 0.6 is 12.2 Å². The summed E-state index contributed by atoms with van der Waals surface area (Å²) in [5, 5.41) is 4.75. The largest absolute Gasteiger partial charge is 0.365 e. The minimum absolute atomic E-state index is 0.0936. The monoisotopic (exact) mass is 301 g/mol. The number of hydrogen-bond donors (Lipinski definition) is 0. The third-order valence-electron chi connectivity index (χ3n) is 3.79. The van der Waals surface area contributed by atoms with Crippen molar-refractivity contribution >= 4 is 17.2 Å². The molecule has 1 atom stereocenters. The Hall–Kier alpha value is -1.68. The van der Waals surface area contributed by atoms with Crippen molar-refractivity contribution in [3.63, 3.8) is 0 Å². The highest BCUT2D eigenvalue weighted by Gasteiger charge is 2.18. The van der Waals surface area contributed by atoms with E-state index in [1.165, 1.54) is 5.56 Å². The number of thiocarbonyl (C=S) groups is 1. The third kappa shape index (κ3) is 3.32. The molecule has 21 heavy (non-hydrogen) atoms. The van der Waals surface area contributed by atoms with Gasteiger partial charge < -0.3 is 4.90 Å². The first kappa shape index (κ1) is 15.7. The standard InChI is InChI=1S/C17H23N3S/c1-5-19(6-2)17(21)14(4)20-12-13(3)16(18-20)15-10-8-7-9-11-15/h7-12,14H,5-6H2,1-4H3. The molecule has 0 aliphatic carbocycles. The van der Waals surface area contributed by atoms with Crippen molar-refractivity contribution in [1.82, 2.24) is 14.7 Å². The highest BCUT2D eigenvalue weighted by atomic mass is 32.1. The fourth-order valence-corrected chi connectivity index (χ4v) is 2.84. The second-order valence-electron chi connectivity index (χ2n) is 5.19. The molecule has 0 fully saturated rings. The molecule has 4 heteroatoms. The summed E-state index contributed by atoms with van der Waals surface area (Å²) in [4.78, 5) is 3.15. The number of aromatic nitrogens is 2. The predicted molar refractivity (Wildman–Crippen MR) is 92.6 cm³/mol. The molecule has 0 aliphatic heterocycles. The first-order valence-electron chi connectivity index (χ1n) is 7.48. The fourth-order valence-electron chi connectivity index (χ4n) is 2.48. The van der Waals surface area contributed by atoms with Crippen LogP contribution in [-0.4, -0.2) is 32.8 Å². The molecule has 3 nitrogen and oxygen atoms in total. The number of likely N-dealkylation sites (N-methyl/N-ethyl adjacent to an activating group) is 1. The summed E-state index contributed by atoms with van der Waals surface area (Å²) in [5.41, 5.74) is 3.36. The highest BCUT2D eigenvalue weighted by Crippen LogP contribution is 2.23. The topological polar surface area (TPSA) is 21.1 Å². The summed E-state index contributed by atoms with van der Waals surface area (Å²) >= 11 is 5.61. The zero-order valence-electron chi connectivity index (χ0n) is 13.2. The molecule has 0 aliphatic rings. The second kappa shape index (κ2) is 6.85. The van der Waals surface area contributed by atoms with Crippen LogP contribution in [0.5, 0.6) is 0 Å². The van der Waals surface area contributed by atoms with E-state index in [0.717, 1.165) is 29.3 Å². The van der Waals surface area contributed by atoms with Gasteiger partial charge in [0, 0.05) is 24.8 Å². The van der Waals surface area contributed by atoms with Gasteiger partial charge in [0.2, 0.25) is 0 Å². The summed E-state index contributed by atoms with van der Waals surface area (Å²) in [5.74, 6) is 0. The van der Waals surface area contributed by atoms with E-state index >= 15 is 0 Å². The Kier molecular flexibility index (Phi) is 5.12. The average molecular weight is 301 g/mol. The van der Waals surface area contributed by atoms with Gasteiger partial charge in [-0.15, -0.1) is 0 Å². The van der Waals surface area contributed by atoms with E-state index in [9.17, 15) is 0 Å². The lowest BCUT2D eigenvalue weighted by Gasteiger charge is -2.26. The van der Waals surface area contributed by atoms with Gasteiger partial charge in [-0.2, -0.15) is 5.10 Å². The lowest BCUT2D eigenvalue weighted by Crippen LogP contribution is -2.34. The van der Waals surface area contributed by atoms with E-state index in [-0.39, 0.29) is 6.04 Å². The van der Waals surface area contributed by atoms with E-state index in [2.05, 4.69) is 50.9 Å². The van der Waals surface area contributed by atoms with Crippen LogP contribution < -0.4 is 0 Å². The first-order chi connectivity index (χ1) is 10.1. The van der Waals surface area contributed by atoms with E-state index in [4.69, 9.17) is 17.3 Å². The van der Waals surface area contributed by atoms with Crippen LogP contribution in [0.15, 0.2) is 36.5 Å². The van der Waals surface area contributed by atoms with Gasteiger partial charge in [0.05, 0.1) is 11.7 Å². The highest BCUT2D eigenvalue weighted by molar-refractivity contribution is 7.80. The zero-order valence-corrected chi connectivity index (χ0v) is 14.0. The molecule has 0 amide bonds. The normalized spacial score (nSPS) is 12.2. The van der Waals surface area contributed by atoms with E-state index in [1.54, 1.807) is 0 Å². The van der Waals surface area contributed by atoms with Crippen molar-refractivity contribution in [2.24, 2.45) is 0 Å². The molecule has 1 unspecified atom stereocenters. The Morgan fingerprint density at radius 3 is 2.43 bits per heavy atom. The number of hydrogen-bond acceptors (Lipinski definition) is 2. The lowest BCUT2D eigenvalue weighted by atomic mass is 10.1. The Labute approximate surface area is 132 Å². The summed E-state index contributed by atoms with van der Waals surface area (Å²) in [6, 6.07) is 10.4. The van der Waals surface area contributed by atoms with E-state index < -0.39 is 0 Å². The SMILES string of the molecule is CCN(CC)C(=S)C(C)n1cc(C)c(-c2ccccc2)n1. The van der Waals surface area contributed by atoms with Crippen LogP contribution in [0, 0.1) is 6.92 Å². The van der Waals surface area contributed by atoms with Gasteiger partial charge in [-0.3, -0.25) is 4.68 Å². The summed E-state index contributed by atoms with van der Waals surface area (Å²) in [6.07, 6.45) is 2.09. The third-order valence-corrected chi connectivity index (χ3v) is 4.39. The van der Waals surface area contributed by atoms with Crippen LogP contribution in [-0.2, 0) is 0 Å². The maximum Gasteiger partial charge on any atom is 0.103 e. The molecule has 1 heterocycles. The van der Waals surface area contributed by atoms with Crippen molar-refractivity contribution in [2.45, 2.75) is 33.7 Å². The van der Waals surface area contributed by atoms with Crippen molar-refractivity contribution in [2.75, 3.05) is 13.1 Å². The van der Waals surface area contributed by atoms with Crippen molar-refractivity contribution < 1.29 is 0 Å². The molecule has 2 aromatic rings. The van der Waals surface area contributed by atoms with Gasteiger partial charge in [-0.05, 0) is 33.3 Å². The van der Waals surface area contributed by atoms with Crippen LogP contribution in [0.3, 0.4) is 0 Å². The predicted octanol–water partition coefficient (Wildman–Crippen LogP) is 4.09. The molecule has 1 aromatic carbocycles. The number of aryl methyl sites for hydroxylation is 1. The Morgan fingerprint density at radius 1 is 1.24 bits per heavy atom. The van der Waals surface area contributed by atoms with Gasteiger partial charge in [0.1, 0.15) is 4.99 Å². The first-order valence-corrected chi connectivity index (χ1v) is 7.89. The number of benzene rings is 1. The maximum absolute atomic E-state index is 5.61. The molecule has 0 saturated carbocycles. The molecule has 1 aromatic heterocycles. The van der Waals surface area contributed by atoms with Crippen molar-refractivity contribution in [3.8, 4) is 11.3 Å². The smallest absolute Gasteiger partial charge is 0.103 e. The minimum Gasteiger partial charge on any atom is -0.365 e. The van der Waals surface area contributed by atoms with Crippen LogP contribution in [0.2, 0.25) is 0 Å². The van der Waals surface area contributed by atoms with Crippen molar-refractivity contribution in [3.05, 3.63) is 42.1 Å². The molecule has 0 bridgehead atoms. The van der Waals surface area contributed by atoms with Gasteiger partial charge >= 0.3 is 0 Å². The molecule has 0 radical (unpaired) electrons. The second-order valence-corrected chi connectivity index (χ2v) is 5.61. The molecule has 2 rings (SSSR count). The Bertz CT molecular complexity index is 600. The van der Waals surface area contributed by atoms with Crippen LogP contribution in [0.4, 0.5) is 0 Å². The molecule has 112 valence electrons. The van der Waals surface area contributed by atoms with Crippen molar-refractivity contribution in [1.29, 1.82) is 0 Å². The fraction of sp³-hybridized carbons (Fsp3) is 0.412.